The van der Waals surface area contributed by atoms with Gasteiger partial charge in [0, 0.05) is 5.39 Å². The van der Waals surface area contributed by atoms with Gasteiger partial charge in [0.05, 0.1) is 0 Å². The summed E-state index contributed by atoms with van der Waals surface area (Å²) in [5.74, 6) is 0. The van der Waals surface area contributed by atoms with Crippen LogP contribution in [0.25, 0.3) is 10.8 Å². The molecular formula is C26H40O3S. The minimum Gasteiger partial charge on any atom is -0.282 e. The SMILES string of the molecule is CCCCCCCCc1ccc2cccc(S(=O)(=O)O)c2c1CCCCCCCC. The summed E-state index contributed by atoms with van der Waals surface area (Å²) in [6.45, 7) is 4.46. The molecule has 0 unspecified atom stereocenters. The van der Waals surface area contributed by atoms with E-state index in [4.69, 9.17) is 0 Å². The molecular weight excluding hydrogens is 392 g/mol. The maximum absolute atomic E-state index is 12.1. The van der Waals surface area contributed by atoms with Gasteiger partial charge in [-0.05, 0) is 48.3 Å². The lowest BCUT2D eigenvalue weighted by molar-refractivity contribution is 0.484. The average molecular weight is 433 g/mol. The molecule has 0 atom stereocenters. The Balaban J connectivity index is 2.23. The first-order valence-electron chi connectivity index (χ1n) is 12.0. The minimum atomic E-state index is -4.25. The van der Waals surface area contributed by atoms with Crippen molar-refractivity contribution < 1.29 is 13.0 Å². The van der Waals surface area contributed by atoms with Crippen molar-refractivity contribution in [2.24, 2.45) is 0 Å². The lowest BCUT2D eigenvalue weighted by Crippen LogP contribution is -2.04. The van der Waals surface area contributed by atoms with Gasteiger partial charge in [0.25, 0.3) is 10.1 Å². The quantitative estimate of drug-likeness (QED) is 0.230. The first-order valence-corrected chi connectivity index (χ1v) is 13.4. The Morgan fingerprint density at radius 2 is 1.27 bits per heavy atom. The van der Waals surface area contributed by atoms with E-state index in [2.05, 4.69) is 19.9 Å². The van der Waals surface area contributed by atoms with Crippen LogP contribution < -0.4 is 0 Å². The van der Waals surface area contributed by atoms with Crippen molar-refractivity contribution >= 4 is 20.9 Å². The molecule has 168 valence electrons. The van der Waals surface area contributed by atoms with Crippen LogP contribution in [0.2, 0.25) is 0 Å². The third kappa shape index (κ3) is 7.70. The Bertz CT molecular complexity index is 871. The van der Waals surface area contributed by atoms with Crippen molar-refractivity contribution in [2.45, 2.75) is 109 Å². The van der Waals surface area contributed by atoms with Gasteiger partial charge < -0.3 is 0 Å². The van der Waals surface area contributed by atoms with Gasteiger partial charge in [-0.2, -0.15) is 8.42 Å². The number of aryl methyl sites for hydroxylation is 2. The summed E-state index contributed by atoms with van der Waals surface area (Å²) < 4.78 is 34.0. The van der Waals surface area contributed by atoms with Crippen LogP contribution in [-0.2, 0) is 23.0 Å². The molecule has 0 spiro atoms. The summed E-state index contributed by atoms with van der Waals surface area (Å²) >= 11 is 0. The highest BCUT2D eigenvalue weighted by Crippen LogP contribution is 2.31. The number of hydrogen-bond acceptors (Lipinski definition) is 2. The highest BCUT2D eigenvalue weighted by molar-refractivity contribution is 7.86. The number of hydrogen-bond donors (Lipinski definition) is 1. The largest absolute Gasteiger partial charge is 0.295 e. The zero-order valence-electron chi connectivity index (χ0n) is 19.0. The van der Waals surface area contributed by atoms with Gasteiger partial charge in [-0.25, -0.2) is 0 Å². The molecule has 2 aromatic carbocycles. The van der Waals surface area contributed by atoms with E-state index in [0.717, 1.165) is 42.0 Å². The fourth-order valence-corrected chi connectivity index (χ4v) is 5.12. The second-order valence-electron chi connectivity index (χ2n) is 8.57. The number of rotatable bonds is 15. The lowest BCUT2D eigenvalue weighted by atomic mass is 9.91. The number of benzene rings is 2. The van der Waals surface area contributed by atoms with Crippen LogP contribution in [0.4, 0.5) is 0 Å². The predicted octanol–water partition coefficient (Wildman–Crippen LogP) is 7.89. The van der Waals surface area contributed by atoms with Gasteiger partial charge in [0.15, 0.2) is 0 Å². The standard InChI is InChI=1S/C26H40O3S/c1-3-5-7-9-11-13-16-22-20-21-23-17-15-19-25(30(27,28)29)26(23)24(22)18-14-12-10-8-6-4-2/h15,17,19-21H,3-14,16,18H2,1-2H3,(H,27,28,29). The first-order chi connectivity index (χ1) is 14.5. The van der Waals surface area contributed by atoms with Crippen molar-refractivity contribution in [2.75, 3.05) is 0 Å². The molecule has 2 rings (SSSR count). The van der Waals surface area contributed by atoms with E-state index >= 15 is 0 Å². The Labute approximate surface area is 184 Å². The average Bonchev–Trinajstić information content (AvgIpc) is 2.72. The summed E-state index contributed by atoms with van der Waals surface area (Å²) in [5, 5.41) is 1.63. The summed E-state index contributed by atoms with van der Waals surface area (Å²) in [7, 11) is -4.25. The first kappa shape index (κ1) is 24.9. The molecule has 0 saturated heterocycles. The van der Waals surface area contributed by atoms with Crippen molar-refractivity contribution in [1.29, 1.82) is 0 Å². The molecule has 0 amide bonds. The fraction of sp³-hybridized carbons (Fsp3) is 0.615. The molecule has 0 fully saturated rings. The van der Waals surface area contributed by atoms with Gasteiger partial charge in [0.1, 0.15) is 4.90 Å². The highest BCUT2D eigenvalue weighted by atomic mass is 32.2. The second-order valence-corrected chi connectivity index (χ2v) is 9.96. The monoisotopic (exact) mass is 432 g/mol. The lowest BCUT2D eigenvalue weighted by Gasteiger charge is -2.16. The summed E-state index contributed by atoms with van der Waals surface area (Å²) in [6.07, 6.45) is 16.6. The Kier molecular flexibility index (Phi) is 10.9. The summed E-state index contributed by atoms with van der Waals surface area (Å²) in [6, 6.07) is 9.39. The summed E-state index contributed by atoms with van der Waals surface area (Å²) in [4.78, 5) is 0.0609. The maximum atomic E-state index is 12.1. The number of unbranched alkanes of at least 4 members (excludes halogenated alkanes) is 10. The predicted molar refractivity (Wildman–Crippen MR) is 128 cm³/mol. The van der Waals surface area contributed by atoms with Crippen LogP contribution in [-0.4, -0.2) is 13.0 Å². The van der Waals surface area contributed by atoms with E-state index in [9.17, 15) is 13.0 Å². The van der Waals surface area contributed by atoms with Crippen LogP contribution >= 0.6 is 0 Å². The fourth-order valence-electron chi connectivity index (χ4n) is 4.37. The van der Waals surface area contributed by atoms with Crippen LogP contribution in [0, 0.1) is 0 Å². The second kappa shape index (κ2) is 13.1. The number of fused-ring (bicyclic) bond motifs is 1. The topological polar surface area (TPSA) is 54.4 Å². The molecule has 0 radical (unpaired) electrons. The van der Waals surface area contributed by atoms with E-state index in [1.165, 1.54) is 75.8 Å². The Hall–Kier alpha value is -1.39. The molecule has 1 N–H and O–H groups in total. The van der Waals surface area contributed by atoms with E-state index < -0.39 is 10.1 Å². The Morgan fingerprint density at radius 3 is 1.87 bits per heavy atom. The molecule has 0 aliphatic rings. The van der Waals surface area contributed by atoms with Gasteiger partial charge >= 0.3 is 0 Å². The zero-order chi connectivity index (χ0) is 21.8. The normalized spacial score (nSPS) is 12.0. The van der Waals surface area contributed by atoms with E-state index in [-0.39, 0.29) is 4.90 Å². The molecule has 0 aliphatic carbocycles. The van der Waals surface area contributed by atoms with Crippen LogP contribution in [0.3, 0.4) is 0 Å². The maximum Gasteiger partial charge on any atom is 0.295 e. The van der Waals surface area contributed by atoms with Gasteiger partial charge in [-0.3, -0.25) is 4.55 Å². The molecule has 0 bridgehead atoms. The van der Waals surface area contributed by atoms with Crippen molar-refractivity contribution in [3.8, 4) is 0 Å². The third-order valence-corrected chi connectivity index (χ3v) is 6.97. The van der Waals surface area contributed by atoms with Gasteiger partial charge in [0.2, 0.25) is 0 Å². The van der Waals surface area contributed by atoms with E-state index in [1.54, 1.807) is 6.07 Å². The van der Waals surface area contributed by atoms with Crippen LogP contribution in [0.15, 0.2) is 35.2 Å². The molecule has 0 saturated carbocycles. The zero-order valence-corrected chi connectivity index (χ0v) is 19.8. The molecule has 3 nitrogen and oxygen atoms in total. The van der Waals surface area contributed by atoms with Crippen LogP contribution in [0.5, 0.6) is 0 Å². The van der Waals surface area contributed by atoms with Gasteiger partial charge in [-0.1, -0.05) is 102 Å². The Morgan fingerprint density at radius 1 is 0.700 bits per heavy atom. The van der Waals surface area contributed by atoms with Crippen molar-refractivity contribution in [3.05, 3.63) is 41.5 Å². The van der Waals surface area contributed by atoms with E-state index in [0.29, 0.717) is 0 Å². The van der Waals surface area contributed by atoms with Crippen LogP contribution in [0.1, 0.15) is 102 Å². The summed E-state index contributed by atoms with van der Waals surface area (Å²) in [5.41, 5.74) is 2.38. The van der Waals surface area contributed by atoms with E-state index in [1.807, 2.05) is 12.1 Å². The minimum absolute atomic E-state index is 0.0609. The molecule has 30 heavy (non-hydrogen) atoms. The molecule has 0 aliphatic heterocycles. The van der Waals surface area contributed by atoms with Crippen molar-refractivity contribution in [3.63, 3.8) is 0 Å². The smallest absolute Gasteiger partial charge is 0.282 e. The molecule has 0 aromatic heterocycles. The van der Waals surface area contributed by atoms with Crippen molar-refractivity contribution in [1.82, 2.24) is 0 Å². The molecule has 4 heteroatoms. The molecule has 2 aromatic rings. The van der Waals surface area contributed by atoms with Gasteiger partial charge in [-0.15, -0.1) is 0 Å². The third-order valence-electron chi connectivity index (χ3n) is 6.07. The highest BCUT2D eigenvalue weighted by Gasteiger charge is 2.18. The molecule has 0 heterocycles.